The Kier molecular flexibility index (Phi) is 6.45. The number of benzene rings is 2. The summed E-state index contributed by atoms with van der Waals surface area (Å²) in [7, 11) is 0. The van der Waals surface area contributed by atoms with E-state index in [9.17, 15) is 9.59 Å². The first kappa shape index (κ1) is 19.8. The lowest BCUT2D eigenvalue weighted by Gasteiger charge is -2.27. The molecule has 1 amide bonds. The van der Waals surface area contributed by atoms with E-state index in [1.165, 1.54) is 17.3 Å². The summed E-state index contributed by atoms with van der Waals surface area (Å²) in [4.78, 5) is 25.9. The van der Waals surface area contributed by atoms with Crippen LogP contribution in [0.3, 0.4) is 0 Å². The van der Waals surface area contributed by atoms with Crippen molar-refractivity contribution in [2.24, 2.45) is 0 Å². The van der Waals surface area contributed by atoms with Crippen molar-refractivity contribution in [2.45, 2.75) is 43.2 Å². The van der Waals surface area contributed by atoms with Crippen LogP contribution in [0.2, 0.25) is 5.02 Å². The minimum Gasteiger partial charge on any atom is -0.449 e. The fraction of sp³-hybridized carbons (Fsp3) is 0.333. The van der Waals surface area contributed by atoms with E-state index in [0.717, 1.165) is 29.7 Å². The average Bonchev–Trinajstić information content (AvgIpc) is 2.68. The summed E-state index contributed by atoms with van der Waals surface area (Å²) >= 11 is 7.62. The fourth-order valence-corrected chi connectivity index (χ4v) is 3.89. The van der Waals surface area contributed by atoms with Gasteiger partial charge in [0.05, 0.1) is 16.6 Å². The van der Waals surface area contributed by atoms with Gasteiger partial charge in [0.15, 0.2) is 6.10 Å². The van der Waals surface area contributed by atoms with Gasteiger partial charge >= 0.3 is 5.97 Å². The maximum Gasteiger partial charge on any atom is 0.340 e. The number of aryl methyl sites for hydroxylation is 1. The van der Waals surface area contributed by atoms with E-state index in [0.29, 0.717) is 5.02 Å². The van der Waals surface area contributed by atoms with Gasteiger partial charge in [0, 0.05) is 4.90 Å². The number of amides is 1. The number of hydrogen-bond acceptors (Lipinski definition) is 4. The molecule has 0 saturated heterocycles. The third kappa shape index (κ3) is 4.66. The Bertz CT molecular complexity index is 855. The van der Waals surface area contributed by atoms with E-state index >= 15 is 0 Å². The van der Waals surface area contributed by atoms with E-state index in [4.69, 9.17) is 16.3 Å². The van der Waals surface area contributed by atoms with Crippen molar-refractivity contribution in [3.63, 3.8) is 0 Å². The summed E-state index contributed by atoms with van der Waals surface area (Å²) in [5.74, 6) is -0.898. The topological polar surface area (TPSA) is 55.4 Å². The average molecular weight is 404 g/mol. The first-order chi connectivity index (χ1) is 13.0. The van der Waals surface area contributed by atoms with Crippen molar-refractivity contribution in [3.05, 3.63) is 64.2 Å². The molecule has 4 nitrogen and oxygen atoms in total. The predicted molar refractivity (Wildman–Crippen MR) is 108 cm³/mol. The third-order valence-electron chi connectivity index (χ3n) is 4.73. The van der Waals surface area contributed by atoms with Gasteiger partial charge in [-0.2, -0.15) is 0 Å². The molecule has 0 fully saturated rings. The van der Waals surface area contributed by atoms with Crippen LogP contribution in [0.25, 0.3) is 0 Å². The van der Waals surface area contributed by atoms with Gasteiger partial charge in [0.2, 0.25) is 0 Å². The number of carbonyl (C=O) groups excluding carboxylic acids is 2. The Labute approximate surface area is 168 Å². The summed E-state index contributed by atoms with van der Waals surface area (Å²) in [5, 5.41) is 3.33. The molecule has 0 aliphatic heterocycles. The van der Waals surface area contributed by atoms with E-state index in [1.807, 2.05) is 30.5 Å². The Morgan fingerprint density at radius 1 is 1.26 bits per heavy atom. The number of carbonyl (C=O) groups is 2. The number of esters is 1. The van der Waals surface area contributed by atoms with E-state index < -0.39 is 12.1 Å². The zero-order valence-electron chi connectivity index (χ0n) is 15.3. The maximum absolute atomic E-state index is 12.6. The summed E-state index contributed by atoms with van der Waals surface area (Å²) in [5.41, 5.74) is 2.68. The lowest BCUT2D eigenvalue weighted by Crippen LogP contribution is -2.39. The minimum atomic E-state index is -0.902. The van der Waals surface area contributed by atoms with Crippen molar-refractivity contribution in [2.75, 3.05) is 6.26 Å². The van der Waals surface area contributed by atoms with Crippen molar-refractivity contribution in [3.8, 4) is 0 Å². The number of ether oxygens (including phenoxy) is 1. The lowest BCUT2D eigenvalue weighted by atomic mass is 9.87. The Morgan fingerprint density at radius 2 is 2.04 bits per heavy atom. The quantitative estimate of drug-likeness (QED) is 0.575. The largest absolute Gasteiger partial charge is 0.449 e. The van der Waals surface area contributed by atoms with E-state index in [1.54, 1.807) is 19.1 Å². The monoisotopic (exact) mass is 403 g/mol. The smallest absolute Gasteiger partial charge is 0.340 e. The van der Waals surface area contributed by atoms with Gasteiger partial charge in [-0.15, -0.1) is 11.8 Å². The summed E-state index contributed by atoms with van der Waals surface area (Å²) in [6.45, 7) is 1.58. The second-order valence-electron chi connectivity index (χ2n) is 6.55. The molecule has 1 N–H and O–H groups in total. The van der Waals surface area contributed by atoms with Crippen LogP contribution in [0.5, 0.6) is 0 Å². The first-order valence-corrected chi connectivity index (χ1v) is 10.5. The van der Waals surface area contributed by atoms with Crippen LogP contribution in [0.15, 0.2) is 47.4 Å². The van der Waals surface area contributed by atoms with Crippen LogP contribution in [0.1, 0.15) is 47.3 Å². The van der Waals surface area contributed by atoms with Crippen molar-refractivity contribution in [1.82, 2.24) is 5.32 Å². The number of fused-ring (bicyclic) bond motifs is 1. The van der Waals surface area contributed by atoms with Crippen LogP contribution < -0.4 is 5.32 Å². The number of halogens is 1. The second kappa shape index (κ2) is 8.81. The highest BCUT2D eigenvalue weighted by atomic mass is 35.5. The molecule has 0 heterocycles. The molecule has 2 aromatic rings. The molecule has 1 aliphatic carbocycles. The molecule has 0 bridgehead atoms. The molecule has 2 atom stereocenters. The Hall–Kier alpha value is -1.98. The van der Waals surface area contributed by atoms with Crippen molar-refractivity contribution in [1.29, 1.82) is 0 Å². The van der Waals surface area contributed by atoms with Crippen LogP contribution in [-0.4, -0.2) is 24.2 Å². The van der Waals surface area contributed by atoms with Crippen LogP contribution in [0, 0.1) is 0 Å². The molecule has 0 radical (unpaired) electrons. The molecule has 0 aromatic heterocycles. The molecular weight excluding hydrogens is 382 g/mol. The van der Waals surface area contributed by atoms with E-state index in [2.05, 4.69) is 11.4 Å². The zero-order valence-corrected chi connectivity index (χ0v) is 16.9. The van der Waals surface area contributed by atoms with Gasteiger partial charge < -0.3 is 10.1 Å². The number of rotatable bonds is 5. The van der Waals surface area contributed by atoms with Crippen molar-refractivity contribution >= 4 is 35.2 Å². The zero-order chi connectivity index (χ0) is 19.4. The van der Waals surface area contributed by atoms with Crippen LogP contribution in [0.4, 0.5) is 0 Å². The van der Waals surface area contributed by atoms with Gasteiger partial charge in [0.25, 0.3) is 5.91 Å². The number of thioether (sulfide) groups is 1. The fourth-order valence-electron chi connectivity index (χ4n) is 3.26. The van der Waals surface area contributed by atoms with Gasteiger partial charge in [-0.3, -0.25) is 4.79 Å². The molecular formula is C21H22ClNO3S. The lowest BCUT2D eigenvalue weighted by molar-refractivity contribution is -0.130. The first-order valence-electron chi connectivity index (χ1n) is 8.92. The molecule has 3 rings (SSSR count). The molecule has 0 saturated carbocycles. The Balaban J connectivity index is 1.66. The SMILES string of the molecule is CSc1ccc(Cl)c(C(=O)O[C@@H](C)C(=O)N[C@H]2CCCc3ccccc32)c1. The highest BCUT2D eigenvalue weighted by Gasteiger charge is 2.26. The minimum absolute atomic E-state index is 0.0491. The Morgan fingerprint density at radius 3 is 2.81 bits per heavy atom. The molecule has 1 aliphatic rings. The molecule has 6 heteroatoms. The van der Waals surface area contributed by atoms with Crippen LogP contribution in [-0.2, 0) is 16.0 Å². The second-order valence-corrected chi connectivity index (χ2v) is 7.83. The molecule has 142 valence electrons. The molecule has 0 spiro atoms. The number of nitrogens with one attached hydrogen (secondary N) is 1. The maximum atomic E-state index is 12.6. The molecule has 2 aromatic carbocycles. The third-order valence-corrected chi connectivity index (χ3v) is 5.79. The summed E-state index contributed by atoms with van der Waals surface area (Å²) < 4.78 is 5.36. The van der Waals surface area contributed by atoms with E-state index in [-0.39, 0.29) is 17.5 Å². The van der Waals surface area contributed by atoms with Gasteiger partial charge in [0.1, 0.15) is 0 Å². The standard InChI is InChI=1S/C21H22ClNO3S/c1-13(26-21(25)17-12-15(27-2)10-11-18(17)22)20(24)23-19-9-5-7-14-6-3-4-8-16(14)19/h3-4,6,8,10-13,19H,5,7,9H2,1-2H3,(H,23,24)/t13-,19-/m0/s1. The molecule has 0 unspecified atom stereocenters. The van der Waals surface area contributed by atoms with Gasteiger partial charge in [-0.05, 0) is 61.8 Å². The van der Waals surface area contributed by atoms with Gasteiger partial charge in [-0.1, -0.05) is 35.9 Å². The molecule has 27 heavy (non-hydrogen) atoms. The normalized spacial score (nSPS) is 16.9. The predicted octanol–water partition coefficient (Wildman–Crippen LogP) is 4.80. The van der Waals surface area contributed by atoms with Crippen LogP contribution >= 0.6 is 23.4 Å². The highest BCUT2D eigenvalue weighted by Crippen LogP contribution is 2.29. The van der Waals surface area contributed by atoms with Gasteiger partial charge in [-0.25, -0.2) is 4.79 Å². The number of hydrogen-bond donors (Lipinski definition) is 1. The summed E-state index contributed by atoms with van der Waals surface area (Å²) in [6.07, 6.45) is 3.94. The van der Waals surface area contributed by atoms with Crippen molar-refractivity contribution < 1.29 is 14.3 Å². The summed E-state index contributed by atoms with van der Waals surface area (Å²) in [6, 6.07) is 13.3. The highest BCUT2D eigenvalue weighted by molar-refractivity contribution is 7.98.